The van der Waals surface area contributed by atoms with E-state index in [-0.39, 0.29) is 11.7 Å². The van der Waals surface area contributed by atoms with Crippen molar-refractivity contribution in [3.8, 4) is 22.8 Å². The van der Waals surface area contributed by atoms with E-state index in [1.54, 1.807) is 7.11 Å². The fraction of sp³-hybridized carbons (Fsp3) is 0.125. The number of nitrogens with zero attached hydrogens (tertiary/aromatic N) is 3. The lowest BCUT2D eigenvalue weighted by atomic mass is 10.2. The number of hydrogen-bond acceptors (Lipinski definition) is 5. The third kappa shape index (κ3) is 4.95. The Morgan fingerprint density at radius 3 is 2.35 bits per heavy atom. The Kier molecular flexibility index (Phi) is 6.64. The molecule has 7 heteroatoms. The number of thioether (sulfide) groups is 1. The first-order valence-electron chi connectivity index (χ1n) is 9.84. The van der Waals surface area contributed by atoms with E-state index in [1.807, 2.05) is 89.5 Å². The highest BCUT2D eigenvalue weighted by Gasteiger charge is 2.19. The second kappa shape index (κ2) is 9.95. The molecule has 6 nitrogen and oxygen atoms in total. The Morgan fingerprint density at radius 2 is 1.61 bits per heavy atom. The number of aromatic nitrogens is 3. The molecule has 0 saturated carbocycles. The van der Waals surface area contributed by atoms with E-state index in [4.69, 9.17) is 4.74 Å². The van der Waals surface area contributed by atoms with Gasteiger partial charge in [-0.1, -0.05) is 84.6 Å². The van der Waals surface area contributed by atoms with Crippen LogP contribution in [-0.4, -0.2) is 33.5 Å². The summed E-state index contributed by atoms with van der Waals surface area (Å²) in [6.45, 7) is 0.495. The molecule has 0 saturated heterocycles. The minimum Gasteiger partial charge on any atom is -0.495 e. The number of rotatable bonds is 8. The zero-order valence-corrected chi connectivity index (χ0v) is 17.9. The lowest BCUT2D eigenvalue weighted by molar-refractivity contribution is -0.118. The number of nitrogens with one attached hydrogen (secondary N) is 1. The Morgan fingerprint density at radius 1 is 0.935 bits per heavy atom. The highest BCUT2D eigenvalue weighted by Crippen LogP contribution is 2.32. The van der Waals surface area contributed by atoms with Crippen molar-refractivity contribution in [2.45, 2.75) is 11.7 Å². The van der Waals surface area contributed by atoms with Gasteiger partial charge in [-0.15, -0.1) is 10.2 Å². The quantitative estimate of drug-likeness (QED) is 0.421. The normalized spacial score (nSPS) is 10.6. The van der Waals surface area contributed by atoms with Crippen LogP contribution in [0.2, 0.25) is 0 Å². The molecule has 3 aromatic carbocycles. The molecule has 0 aliphatic heterocycles. The molecule has 4 aromatic rings. The Hall–Kier alpha value is -3.58. The summed E-state index contributed by atoms with van der Waals surface area (Å²) < 4.78 is 7.50. The summed E-state index contributed by atoms with van der Waals surface area (Å²) in [6.07, 6.45) is 0. The van der Waals surface area contributed by atoms with Crippen LogP contribution < -0.4 is 10.1 Å². The van der Waals surface area contributed by atoms with Crippen molar-refractivity contribution in [2.24, 2.45) is 0 Å². The molecule has 1 aromatic heterocycles. The monoisotopic (exact) mass is 430 g/mol. The zero-order chi connectivity index (χ0) is 21.5. The standard InChI is InChI=1S/C24H22N4O2S/c1-30-21-15-9-8-14-20(21)28-23(19-12-6-3-7-13-19)26-27-24(28)31-17-22(29)25-16-18-10-4-2-5-11-18/h2-15H,16-17H2,1H3,(H,25,29). The van der Waals surface area contributed by atoms with Crippen LogP contribution in [0.1, 0.15) is 5.56 Å². The molecular formula is C24H22N4O2S. The van der Waals surface area contributed by atoms with Gasteiger partial charge in [-0.3, -0.25) is 9.36 Å². The van der Waals surface area contributed by atoms with E-state index in [9.17, 15) is 4.79 Å². The second-order valence-corrected chi connectivity index (χ2v) is 7.67. The number of hydrogen-bond donors (Lipinski definition) is 1. The van der Waals surface area contributed by atoms with Crippen molar-refractivity contribution in [1.82, 2.24) is 20.1 Å². The van der Waals surface area contributed by atoms with E-state index < -0.39 is 0 Å². The van der Waals surface area contributed by atoms with Crippen LogP contribution in [0.4, 0.5) is 0 Å². The van der Waals surface area contributed by atoms with Gasteiger partial charge in [-0.05, 0) is 17.7 Å². The molecule has 0 unspecified atom stereocenters. The van der Waals surface area contributed by atoms with Crippen LogP contribution in [0.25, 0.3) is 17.1 Å². The topological polar surface area (TPSA) is 69.0 Å². The molecule has 4 rings (SSSR count). The van der Waals surface area contributed by atoms with Gasteiger partial charge in [0, 0.05) is 12.1 Å². The smallest absolute Gasteiger partial charge is 0.230 e. The van der Waals surface area contributed by atoms with Crippen LogP contribution in [0, 0.1) is 0 Å². The van der Waals surface area contributed by atoms with E-state index in [1.165, 1.54) is 11.8 Å². The van der Waals surface area contributed by atoms with Crippen molar-refractivity contribution in [3.63, 3.8) is 0 Å². The van der Waals surface area contributed by atoms with E-state index in [0.717, 1.165) is 16.8 Å². The molecule has 1 heterocycles. The van der Waals surface area contributed by atoms with Crippen LogP contribution in [0.5, 0.6) is 5.75 Å². The van der Waals surface area contributed by atoms with Gasteiger partial charge in [0.1, 0.15) is 5.75 Å². The van der Waals surface area contributed by atoms with Crippen LogP contribution in [-0.2, 0) is 11.3 Å². The summed E-state index contributed by atoms with van der Waals surface area (Å²) in [7, 11) is 1.63. The molecule has 0 aliphatic carbocycles. The van der Waals surface area contributed by atoms with Gasteiger partial charge in [0.25, 0.3) is 0 Å². The predicted octanol–water partition coefficient (Wildman–Crippen LogP) is 4.35. The fourth-order valence-corrected chi connectivity index (χ4v) is 3.92. The molecule has 0 radical (unpaired) electrons. The third-order valence-electron chi connectivity index (χ3n) is 4.66. The average Bonchev–Trinajstić information content (AvgIpc) is 3.26. The number of carbonyl (C=O) groups excluding carboxylic acids is 1. The Bertz CT molecular complexity index is 1150. The second-order valence-electron chi connectivity index (χ2n) is 6.73. The highest BCUT2D eigenvalue weighted by molar-refractivity contribution is 7.99. The summed E-state index contributed by atoms with van der Waals surface area (Å²) in [5, 5.41) is 12.4. The number of amides is 1. The van der Waals surface area contributed by atoms with Gasteiger partial charge in [0.2, 0.25) is 5.91 Å². The molecule has 0 bridgehead atoms. The molecule has 1 amide bonds. The first kappa shape index (κ1) is 20.7. The Balaban J connectivity index is 1.57. The van der Waals surface area contributed by atoms with Gasteiger partial charge in [0.15, 0.2) is 11.0 Å². The van der Waals surface area contributed by atoms with E-state index >= 15 is 0 Å². The average molecular weight is 431 g/mol. The van der Waals surface area contributed by atoms with Crippen molar-refractivity contribution in [1.29, 1.82) is 0 Å². The van der Waals surface area contributed by atoms with Crippen LogP contribution in [0.3, 0.4) is 0 Å². The molecule has 0 spiro atoms. The maximum absolute atomic E-state index is 12.4. The van der Waals surface area contributed by atoms with Gasteiger partial charge in [-0.25, -0.2) is 0 Å². The third-order valence-corrected chi connectivity index (χ3v) is 5.59. The first-order valence-corrected chi connectivity index (χ1v) is 10.8. The van der Waals surface area contributed by atoms with Gasteiger partial charge in [0.05, 0.1) is 18.6 Å². The van der Waals surface area contributed by atoms with Crippen molar-refractivity contribution >= 4 is 17.7 Å². The zero-order valence-electron chi connectivity index (χ0n) is 17.1. The predicted molar refractivity (Wildman–Crippen MR) is 122 cm³/mol. The van der Waals surface area contributed by atoms with Gasteiger partial charge >= 0.3 is 0 Å². The number of ether oxygens (including phenoxy) is 1. The summed E-state index contributed by atoms with van der Waals surface area (Å²) in [6, 6.07) is 27.4. The minimum absolute atomic E-state index is 0.0651. The summed E-state index contributed by atoms with van der Waals surface area (Å²) in [5.41, 5.74) is 2.81. The van der Waals surface area contributed by atoms with Crippen LogP contribution in [0.15, 0.2) is 90.1 Å². The van der Waals surface area contributed by atoms with Crippen LogP contribution >= 0.6 is 11.8 Å². The maximum Gasteiger partial charge on any atom is 0.230 e. The number of benzene rings is 3. The highest BCUT2D eigenvalue weighted by atomic mass is 32.2. The maximum atomic E-state index is 12.4. The number of para-hydroxylation sites is 2. The molecule has 0 atom stereocenters. The van der Waals surface area contributed by atoms with Crippen molar-refractivity contribution in [2.75, 3.05) is 12.9 Å². The lowest BCUT2D eigenvalue weighted by Gasteiger charge is -2.14. The van der Waals surface area contributed by atoms with Gasteiger partial charge < -0.3 is 10.1 Å². The lowest BCUT2D eigenvalue weighted by Crippen LogP contribution is -2.24. The molecular weight excluding hydrogens is 408 g/mol. The van der Waals surface area contributed by atoms with Gasteiger partial charge in [-0.2, -0.15) is 0 Å². The van der Waals surface area contributed by atoms with E-state index in [0.29, 0.717) is 23.3 Å². The minimum atomic E-state index is -0.0651. The fourth-order valence-electron chi connectivity index (χ4n) is 3.15. The Labute approximate surface area is 185 Å². The van der Waals surface area contributed by atoms with Crippen molar-refractivity contribution in [3.05, 3.63) is 90.5 Å². The molecule has 156 valence electrons. The largest absolute Gasteiger partial charge is 0.495 e. The number of carbonyl (C=O) groups is 1. The molecule has 1 N–H and O–H groups in total. The van der Waals surface area contributed by atoms with Crippen molar-refractivity contribution < 1.29 is 9.53 Å². The summed E-state index contributed by atoms with van der Waals surface area (Å²) in [5.74, 6) is 1.56. The molecule has 0 fully saturated rings. The van der Waals surface area contributed by atoms with E-state index in [2.05, 4.69) is 15.5 Å². The molecule has 0 aliphatic rings. The first-order chi connectivity index (χ1) is 15.3. The summed E-state index contributed by atoms with van der Waals surface area (Å²) >= 11 is 1.34. The summed E-state index contributed by atoms with van der Waals surface area (Å²) in [4.78, 5) is 12.4. The SMILES string of the molecule is COc1ccccc1-n1c(SCC(=O)NCc2ccccc2)nnc1-c1ccccc1. The molecule has 31 heavy (non-hydrogen) atoms. The number of methoxy groups -OCH3 is 1.